The minimum atomic E-state index is -0.162. The first-order valence-electron chi connectivity index (χ1n) is 9.21. The van der Waals surface area contributed by atoms with Gasteiger partial charge in [-0.15, -0.1) is 0 Å². The molecule has 0 aliphatic carbocycles. The summed E-state index contributed by atoms with van der Waals surface area (Å²) >= 11 is 0. The Labute approximate surface area is 159 Å². The van der Waals surface area contributed by atoms with E-state index in [1.54, 1.807) is 17.0 Å². The molecule has 0 bridgehead atoms. The predicted octanol–water partition coefficient (Wildman–Crippen LogP) is 3.02. The summed E-state index contributed by atoms with van der Waals surface area (Å²) < 4.78 is 11.0. The highest BCUT2D eigenvalue weighted by molar-refractivity contribution is 5.97. The highest BCUT2D eigenvalue weighted by atomic mass is 16.5. The minimum absolute atomic E-state index is 0.138. The van der Waals surface area contributed by atoms with Gasteiger partial charge in [-0.25, -0.2) is 0 Å². The molecule has 1 aliphatic heterocycles. The fourth-order valence-electron chi connectivity index (χ4n) is 2.95. The Morgan fingerprint density at radius 3 is 2.30 bits per heavy atom. The van der Waals surface area contributed by atoms with Crippen LogP contribution in [-0.4, -0.2) is 38.1 Å². The highest BCUT2D eigenvalue weighted by Gasteiger charge is 2.21. The summed E-state index contributed by atoms with van der Waals surface area (Å²) in [7, 11) is 0. The van der Waals surface area contributed by atoms with Gasteiger partial charge in [-0.1, -0.05) is 0 Å². The fourth-order valence-corrected chi connectivity index (χ4v) is 2.95. The molecule has 0 unspecified atom stereocenters. The largest absolute Gasteiger partial charge is 0.494 e. The van der Waals surface area contributed by atoms with E-state index in [1.165, 1.54) is 0 Å². The van der Waals surface area contributed by atoms with Crippen molar-refractivity contribution in [1.82, 2.24) is 5.32 Å². The Hall–Kier alpha value is -3.02. The Morgan fingerprint density at radius 2 is 1.70 bits per heavy atom. The standard InChI is InChI=1S/C21H24N2O4/c1-2-26-18-9-11-19(12-10-18)27-15-13-22-21(25)16-5-7-17(8-6-16)23-14-3-4-20(23)24/h5-12H,2-4,13-15H2,1H3,(H,22,25). The zero-order valence-electron chi connectivity index (χ0n) is 15.4. The maximum Gasteiger partial charge on any atom is 0.251 e. The molecule has 27 heavy (non-hydrogen) atoms. The summed E-state index contributed by atoms with van der Waals surface area (Å²) in [6.45, 7) is 4.08. The summed E-state index contributed by atoms with van der Waals surface area (Å²) in [4.78, 5) is 25.7. The molecule has 142 valence electrons. The van der Waals surface area contributed by atoms with Crippen molar-refractivity contribution in [2.45, 2.75) is 19.8 Å². The van der Waals surface area contributed by atoms with Gasteiger partial charge in [0.25, 0.3) is 5.91 Å². The molecular formula is C21H24N2O4. The highest BCUT2D eigenvalue weighted by Crippen LogP contribution is 2.21. The topological polar surface area (TPSA) is 67.9 Å². The summed E-state index contributed by atoms with van der Waals surface area (Å²) in [6.07, 6.45) is 1.48. The summed E-state index contributed by atoms with van der Waals surface area (Å²) in [5.74, 6) is 1.51. The molecule has 1 saturated heterocycles. The molecule has 0 aromatic heterocycles. The Bertz CT molecular complexity index is 772. The molecule has 1 heterocycles. The minimum Gasteiger partial charge on any atom is -0.494 e. The van der Waals surface area contributed by atoms with Crippen LogP contribution in [0.25, 0.3) is 0 Å². The molecular weight excluding hydrogens is 344 g/mol. The zero-order chi connectivity index (χ0) is 19.1. The molecule has 1 fully saturated rings. The first-order chi connectivity index (χ1) is 13.2. The second-order valence-electron chi connectivity index (χ2n) is 6.20. The van der Waals surface area contributed by atoms with Gasteiger partial charge >= 0.3 is 0 Å². The van der Waals surface area contributed by atoms with Crippen molar-refractivity contribution in [2.24, 2.45) is 0 Å². The summed E-state index contributed by atoms with van der Waals surface area (Å²) in [6, 6.07) is 14.5. The lowest BCUT2D eigenvalue weighted by Crippen LogP contribution is -2.28. The third-order valence-electron chi connectivity index (χ3n) is 4.31. The van der Waals surface area contributed by atoms with Gasteiger partial charge in [0.15, 0.2) is 0 Å². The third kappa shape index (κ3) is 5.00. The number of rotatable bonds is 8. The molecule has 6 heteroatoms. The quantitative estimate of drug-likeness (QED) is 0.728. The van der Waals surface area contributed by atoms with Gasteiger partial charge in [0.05, 0.1) is 13.2 Å². The van der Waals surface area contributed by atoms with E-state index in [2.05, 4.69) is 5.32 Å². The number of carbonyl (C=O) groups is 2. The van der Waals surface area contributed by atoms with Crippen LogP contribution in [0.5, 0.6) is 11.5 Å². The van der Waals surface area contributed by atoms with E-state index in [0.29, 0.717) is 31.7 Å². The summed E-state index contributed by atoms with van der Waals surface area (Å²) in [5, 5.41) is 2.83. The lowest BCUT2D eigenvalue weighted by Gasteiger charge is -2.15. The number of nitrogens with one attached hydrogen (secondary N) is 1. The van der Waals surface area contributed by atoms with Crippen molar-refractivity contribution in [3.8, 4) is 11.5 Å². The normalized spacial score (nSPS) is 13.5. The summed E-state index contributed by atoms with van der Waals surface area (Å²) in [5.41, 5.74) is 1.40. The predicted molar refractivity (Wildman–Crippen MR) is 103 cm³/mol. The van der Waals surface area contributed by atoms with Gasteiger partial charge in [-0.3, -0.25) is 9.59 Å². The molecule has 3 rings (SSSR count). The number of ether oxygens (including phenoxy) is 2. The number of amides is 2. The molecule has 2 aromatic carbocycles. The molecule has 1 N–H and O–H groups in total. The van der Waals surface area contributed by atoms with E-state index in [0.717, 1.165) is 30.2 Å². The molecule has 0 spiro atoms. The number of benzene rings is 2. The molecule has 6 nitrogen and oxygen atoms in total. The van der Waals surface area contributed by atoms with Crippen molar-refractivity contribution < 1.29 is 19.1 Å². The van der Waals surface area contributed by atoms with Crippen LogP contribution >= 0.6 is 0 Å². The molecule has 1 aliphatic rings. The maximum absolute atomic E-state index is 12.2. The van der Waals surface area contributed by atoms with Crippen LogP contribution in [0.4, 0.5) is 5.69 Å². The number of nitrogens with zero attached hydrogens (tertiary/aromatic N) is 1. The van der Waals surface area contributed by atoms with Crippen molar-refractivity contribution >= 4 is 17.5 Å². The molecule has 0 radical (unpaired) electrons. The number of anilines is 1. The van der Waals surface area contributed by atoms with E-state index < -0.39 is 0 Å². The van der Waals surface area contributed by atoms with Crippen molar-refractivity contribution in [3.63, 3.8) is 0 Å². The van der Waals surface area contributed by atoms with Gasteiger partial charge in [-0.05, 0) is 61.9 Å². The monoisotopic (exact) mass is 368 g/mol. The van der Waals surface area contributed by atoms with E-state index in [1.807, 2.05) is 43.3 Å². The molecule has 0 atom stereocenters. The number of hydrogen-bond donors (Lipinski definition) is 1. The van der Waals surface area contributed by atoms with E-state index in [-0.39, 0.29) is 11.8 Å². The van der Waals surface area contributed by atoms with Crippen molar-refractivity contribution in [1.29, 1.82) is 0 Å². The Balaban J connectivity index is 1.43. The molecule has 0 saturated carbocycles. The van der Waals surface area contributed by atoms with Crippen LogP contribution in [0, 0.1) is 0 Å². The Morgan fingerprint density at radius 1 is 1.04 bits per heavy atom. The second kappa shape index (κ2) is 9.07. The zero-order valence-corrected chi connectivity index (χ0v) is 15.4. The van der Waals surface area contributed by atoms with Crippen LogP contribution in [0.2, 0.25) is 0 Å². The fraction of sp³-hybridized carbons (Fsp3) is 0.333. The number of hydrogen-bond acceptors (Lipinski definition) is 4. The van der Waals surface area contributed by atoms with E-state index >= 15 is 0 Å². The van der Waals surface area contributed by atoms with Crippen LogP contribution in [0.15, 0.2) is 48.5 Å². The van der Waals surface area contributed by atoms with Gasteiger partial charge < -0.3 is 19.7 Å². The van der Waals surface area contributed by atoms with Crippen molar-refractivity contribution in [2.75, 3.05) is 31.2 Å². The third-order valence-corrected chi connectivity index (χ3v) is 4.31. The van der Waals surface area contributed by atoms with E-state index in [9.17, 15) is 9.59 Å². The number of carbonyl (C=O) groups excluding carboxylic acids is 2. The molecule has 2 amide bonds. The average Bonchev–Trinajstić information content (AvgIpc) is 3.12. The smallest absolute Gasteiger partial charge is 0.251 e. The SMILES string of the molecule is CCOc1ccc(OCCNC(=O)c2ccc(N3CCCC3=O)cc2)cc1. The lowest BCUT2D eigenvalue weighted by atomic mass is 10.2. The second-order valence-corrected chi connectivity index (χ2v) is 6.20. The lowest BCUT2D eigenvalue weighted by molar-refractivity contribution is -0.117. The first-order valence-corrected chi connectivity index (χ1v) is 9.21. The van der Waals surface area contributed by atoms with Gasteiger partial charge in [-0.2, -0.15) is 0 Å². The average molecular weight is 368 g/mol. The van der Waals surface area contributed by atoms with Crippen molar-refractivity contribution in [3.05, 3.63) is 54.1 Å². The first kappa shape index (κ1) is 18.8. The van der Waals surface area contributed by atoms with Gasteiger partial charge in [0.2, 0.25) is 5.91 Å². The maximum atomic E-state index is 12.2. The van der Waals surface area contributed by atoms with Crippen LogP contribution in [-0.2, 0) is 4.79 Å². The van der Waals surface area contributed by atoms with Crippen LogP contribution in [0.3, 0.4) is 0 Å². The van der Waals surface area contributed by atoms with Gasteiger partial charge in [0.1, 0.15) is 18.1 Å². The van der Waals surface area contributed by atoms with Gasteiger partial charge in [0, 0.05) is 24.2 Å². The Kier molecular flexibility index (Phi) is 6.30. The van der Waals surface area contributed by atoms with E-state index in [4.69, 9.17) is 9.47 Å². The van der Waals surface area contributed by atoms with Crippen LogP contribution in [0.1, 0.15) is 30.1 Å². The molecule has 2 aromatic rings. The van der Waals surface area contributed by atoms with Crippen LogP contribution < -0.4 is 19.7 Å².